The fourth-order valence-corrected chi connectivity index (χ4v) is 3.19. The molecule has 2 amide bonds. The Kier molecular flexibility index (Phi) is 6.42. The fourth-order valence-electron chi connectivity index (χ4n) is 3.19. The van der Waals surface area contributed by atoms with E-state index in [0.29, 0.717) is 12.1 Å². The Morgan fingerprint density at radius 3 is 2.36 bits per heavy atom. The average Bonchev–Trinajstić information content (AvgIpc) is 3.14. The first-order chi connectivity index (χ1) is 13.5. The van der Waals surface area contributed by atoms with E-state index in [1.807, 2.05) is 79.5 Å². The Morgan fingerprint density at radius 2 is 1.71 bits per heavy atom. The van der Waals surface area contributed by atoms with Crippen molar-refractivity contribution in [2.45, 2.75) is 38.8 Å². The van der Waals surface area contributed by atoms with Crippen LogP contribution in [0.3, 0.4) is 0 Å². The zero-order chi connectivity index (χ0) is 19.9. The summed E-state index contributed by atoms with van der Waals surface area (Å²) in [6, 6.07) is 19.9. The molecule has 0 spiro atoms. The first-order valence-corrected chi connectivity index (χ1v) is 9.59. The minimum atomic E-state index is -0.225. The zero-order valence-corrected chi connectivity index (χ0v) is 16.3. The van der Waals surface area contributed by atoms with E-state index in [4.69, 9.17) is 0 Å². The molecule has 3 rings (SSSR count). The van der Waals surface area contributed by atoms with E-state index < -0.39 is 0 Å². The van der Waals surface area contributed by atoms with Crippen LogP contribution in [-0.4, -0.2) is 30.1 Å². The number of para-hydroxylation sites is 1. The number of amides is 2. The van der Waals surface area contributed by atoms with E-state index >= 15 is 0 Å². The van der Waals surface area contributed by atoms with Gasteiger partial charge < -0.3 is 10.6 Å². The van der Waals surface area contributed by atoms with Gasteiger partial charge in [-0.15, -0.1) is 0 Å². The lowest BCUT2D eigenvalue weighted by Crippen LogP contribution is -2.36. The summed E-state index contributed by atoms with van der Waals surface area (Å²) in [4.78, 5) is 24.3. The normalized spacial score (nSPS) is 16.0. The Labute approximate surface area is 165 Å². The van der Waals surface area contributed by atoms with E-state index in [2.05, 4.69) is 15.7 Å². The van der Waals surface area contributed by atoms with Crippen molar-refractivity contribution >= 4 is 23.2 Å². The highest BCUT2D eigenvalue weighted by molar-refractivity contribution is 6.39. The van der Waals surface area contributed by atoms with Crippen LogP contribution in [0.15, 0.2) is 65.8 Å². The van der Waals surface area contributed by atoms with E-state index in [-0.39, 0.29) is 36.9 Å². The van der Waals surface area contributed by atoms with Crippen LogP contribution in [0.5, 0.6) is 0 Å². The third-order valence-corrected chi connectivity index (χ3v) is 4.46. The lowest BCUT2D eigenvalue weighted by molar-refractivity contribution is -0.121. The second-order valence-electron chi connectivity index (χ2n) is 7.09. The molecule has 0 fully saturated rings. The third kappa shape index (κ3) is 4.97. The van der Waals surface area contributed by atoms with Gasteiger partial charge in [0.25, 0.3) is 5.91 Å². The summed E-state index contributed by atoms with van der Waals surface area (Å²) < 4.78 is 0. The summed E-state index contributed by atoms with van der Waals surface area (Å²) in [7, 11) is 0. The van der Waals surface area contributed by atoms with Gasteiger partial charge in [-0.1, -0.05) is 48.5 Å². The van der Waals surface area contributed by atoms with Gasteiger partial charge in [0, 0.05) is 25.4 Å². The molecule has 146 valence electrons. The largest absolute Gasteiger partial charge is 0.354 e. The van der Waals surface area contributed by atoms with Crippen molar-refractivity contribution in [2.24, 2.45) is 5.10 Å². The van der Waals surface area contributed by atoms with Crippen LogP contribution in [0.2, 0.25) is 0 Å². The van der Waals surface area contributed by atoms with Crippen LogP contribution < -0.4 is 15.6 Å². The highest BCUT2D eigenvalue weighted by atomic mass is 16.2. The lowest BCUT2D eigenvalue weighted by atomic mass is 10.0. The number of benzene rings is 2. The van der Waals surface area contributed by atoms with Gasteiger partial charge in [-0.3, -0.25) is 14.6 Å². The Balaban J connectivity index is 1.69. The third-order valence-electron chi connectivity index (χ3n) is 4.46. The van der Waals surface area contributed by atoms with Gasteiger partial charge in [-0.25, -0.2) is 0 Å². The fraction of sp³-hybridized carbons (Fsp3) is 0.318. The summed E-state index contributed by atoms with van der Waals surface area (Å²) >= 11 is 0. The summed E-state index contributed by atoms with van der Waals surface area (Å²) in [6.07, 6.45) is 0.768. The zero-order valence-electron chi connectivity index (χ0n) is 16.3. The first kappa shape index (κ1) is 19.6. The van der Waals surface area contributed by atoms with Gasteiger partial charge >= 0.3 is 0 Å². The predicted octanol–water partition coefficient (Wildman–Crippen LogP) is 3.02. The molecular formula is C22H26N4O2. The van der Waals surface area contributed by atoms with Crippen LogP contribution in [0.25, 0.3) is 0 Å². The Bertz CT molecular complexity index is 834. The Morgan fingerprint density at radius 1 is 1.07 bits per heavy atom. The standard InChI is InChI=1S/C22H26N4O2/c1-16(2)24-21(27)13-14-23-22(28)19-15-20(17-9-5-3-6-10-17)26(25-19)18-11-7-4-8-12-18/h3-12,16,20H,13-15H2,1-2H3,(H,23,28)(H,24,27)/t20-/m0/s1. The molecule has 0 bridgehead atoms. The highest BCUT2D eigenvalue weighted by Crippen LogP contribution is 2.34. The average molecular weight is 378 g/mol. The first-order valence-electron chi connectivity index (χ1n) is 9.59. The van der Waals surface area contributed by atoms with Gasteiger partial charge in [0.05, 0.1) is 11.7 Å². The molecule has 2 aromatic rings. The van der Waals surface area contributed by atoms with Gasteiger partial charge in [-0.05, 0) is 31.5 Å². The summed E-state index contributed by atoms with van der Waals surface area (Å²) in [5.74, 6) is -0.298. The summed E-state index contributed by atoms with van der Waals surface area (Å²) in [5, 5.41) is 12.1. The predicted molar refractivity (Wildman–Crippen MR) is 111 cm³/mol. The maximum absolute atomic E-state index is 12.6. The molecule has 0 saturated heterocycles. The van der Waals surface area contributed by atoms with E-state index in [1.165, 1.54) is 0 Å². The van der Waals surface area contributed by atoms with Gasteiger partial charge in [0.1, 0.15) is 5.71 Å². The molecule has 0 radical (unpaired) electrons. The minimum absolute atomic E-state index is 0.0337. The van der Waals surface area contributed by atoms with Crippen molar-refractivity contribution in [1.82, 2.24) is 10.6 Å². The number of rotatable bonds is 7. The maximum Gasteiger partial charge on any atom is 0.267 e. The van der Waals surface area contributed by atoms with E-state index in [1.54, 1.807) is 0 Å². The van der Waals surface area contributed by atoms with Crippen molar-refractivity contribution in [3.8, 4) is 0 Å². The van der Waals surface area contributed by atoms with Crippen LogP contribution in [0, 0.1) is 0 Å². The molecule has 6 heteroatoms. The number of carbonyl (C=O) groups is 2. The number of carbonyl (C=O) groups excluding carboxylic acids is 2. The molecule has 2 aromatic carbocycles. The van der Waals surface area contributed by atoms with Crippen LogP contribution in [-0.2, 0) is 9.59 Å². The van der Waals surface area contributed by atoms with Crippen molar-refractivity contribution < 1.29 is 9.59 Å². The molecule has 1 atom stereocenters. The molecule has 6 nitrogen and oxygen atoms in total. The molecule has 0 unspecified atom stereocenters. The van der Waals surface area contributed by atoms with Crippen molar-refractivity contribution in [1.29, 1.82) is 0 Å². The number of anilines is 1. The summed E-state index contributed by atoms with van der Waals surface area (Å²) in [5.41, 5.74) is 2.52. The SMILES string of the molecule is CC(C)NC(=O)CCNC(=O)C1=NN(c2ccccc2)[C@H](c2ccccc2)C1. The number of nitrogens with one attached hydrogen (secondary N) is 2. The van der Waals surface area contributed by atoms with Crippen molar-refractivity contribution in [3.63, 3.8) is 0 Å². The van der Waals surface area contributed by atoms with E-state index in [0.717, 1.165) is 11.3 Å². The topological polar surface area (TPSA) is 73.8 Å². The van der Waals surface area contributed by atoms with Crippen molar-refractivity contribution in [2.75, 3.05) is 11.6 Å². The van der Waals surface area contributed by atoms with Crippen LogP contribution in [0.1, 0.15) is 38.3 Å². The molecule has 2 N–H and O–H groups in total. The molecule has 1 aliphatic heterocycles. The molecule has 28 heavy (non-hydrogen) atoms. The smallest absolute Gasteiger partial charge is 0.267 e. The number of hydrazone groups is 1. The van der Waals surface area contributed by atoms with Gasteiger partial charge in [0.2, 0.25) is 5.91 Å². The monoisotopic (exact) mass is 378 g/mol. The highest BCUT2D eigenvalue weighted by Gasteiger charge is 2.32. The van der Waals surface area contributed by atoms with Crippen molar-refractivity contribution in [3.05, 3.63) is 66.2 Å². The summed E-state index contributed by atoms with van der Waals surface area (Å²) in [6.45, 7) is 4.11. The van der Waals surface area contributed by atoms with Gasteiger partial charge in [0.15, 0.2) is 0 Å². The van der Waals surface area contributed by atoms with Crippen LogP contribution >= 0.6 is 0 Å². The molecular weight excluding hydrogens is 352 g/mol. The molecule has 0 aliphatic carbocycles. The molecule has 0 saturated carbocycles. The number of hydrogen-bond donors (Lipinski definition) is 2. The Hall–Kier alpha value is -3.15. The van der Waals surface area contributed by atoms with E-state index in [9.17, 15) is 9.59 Å². The minimum Gasteiger partial charge on any atom is -0.354 e. The number of nitrogens with zero attached hydrogens (tertiary/aromatic N) is 2. The lowest BCUT2D eigenvalue weighted by Gasteiger charge is -2.23. The molecule has 1 aliphatic rings. The quantitative estimate of drug-likeness (QED) is 0.778. The number of hydrogen-bond acceptors (Lipinski definition) is 4. The second-order valence-corrected chi connectivity index (χ2v) is 7.09. The molecule has 1 heterocycles. The van der Waals surface area contributed by atoms with Gasteiger partial charge in [-0.2, -0.15) is 5.10 Å². The van der Waals surface area contributed by atoms with Crippen LogP contribution in [0.4, 0.5) is 5.69 Å². The molecule has 0 aromatic heterocycles. The second kappa shape index (κ2) is 9.17. The maximum atomic E-state index is 12.6.